The second-order valence-corrected chi connectivity index (χ2v) is 10.3. The molecular formula is C25H27ClFN9O3. The van der Waals surface area contributed by atoms with Crippen LogP contribution in [0.15, 0.2) is 18.3 Å². The van der Waals surface area contributed by atoms with Crippen molar-refractivity contribution in [2.75, 3.05) is 23.7 Å². The predicted molar refractivity (Wildman–Crippen MR) is 141 cm³/mol. The van der Waals surface area contributed by atoms with Crippen molar-refractivity contribution in [2.24, 2.45) is 11.7 Å². The largest absolute Gasteiger partial charge is 0.465 e. The van der Waals surface area contributed by atoms with Gasteiger partial charge in [0.1, 0.15) is 11.3 Å². The van der Waals surface area contributed by atoms with Gasteiger partial charge in [-0.2, -0.15) is 10.2 Å². The van der Waals surface area contributed by atoms with E-state index in [1.807, 2.05) is 10.6 Å². The van der Waals surface area contributed by atoms with Crippen molar-refractivity contribution in [2.45, 2.75) is 50.6 Å². The molecule has 0 radical (unpaired) electrons. The molecule has 1 aliphatic heterocycles. The van der Waals surface area contributed by atoms with E-state index in [1.165, 1.54) is 11.0 Å². The molecule has 204 valence electrons. The smallest absolute Gasteiger partial charge is 0.407 e. The summed E-state index contributed by atoms with van der Waals surface area (Å²) in [5.41, 5.74) is 6.55. The van der Waals surface area contributed by atoms with Gasteiger partial charge in [-0.15, -0.1) is 0 Å². The Balaban J connectivity index is 1.50. The molecule has 2 amide bonds. The molecule has 1 unspecified atom stereocenters. The Kier molecular flexibility index (Phi) is 7.38. The molecule has 5 N–H and O–H groups in total. The number of benzene rings is 1. The molecular weight excluding hydrogens is 529 g/mol. The Hall–Kier alpha value is -4.18. The third-order valence-corrected chi connectivity index (χ3v) is 7.63. The highest BCUT2D eigenvalue weighted by atomic mass is 35.5. The minimum atomic E-state index is -0.966. The number of anilines is 3. The van der Waals surface area contributed by atoms with Crippen molar-refractivity contribution in [1.29, 1.82) is 5.26 Å². The van der Waals surface area contributed by atoms with E-state index in [4.69, 9.17) is 27.6 Å². The van der Waals surface area contributed by atoms with Crippen LogP contribution in [0.2, 0.25) is 5.02 Å². The standard InChI is InChI=1S/C25H27ClFN9O3/c26-17-8-13(10-28)9-18(27)20(17)33-24-32-19-11-30-23(31-15-2-1-7-35(12-15)25(38)39)34-22(19)36(24)16-5-3-14(4-6-16)21(29)37/h8-9,11,14-16H,1-7,12H2,(H2,29,37)(H,32,33)(H,38,39)(H,30,31,34). The summed E-state index contributed by atoms with van der Waals surface area (Å²) in [6.45, 7) is 0.800. The maximum Gasteiger partial charge on any atom is 0.407 e. The van der Waals surface area contributed by atoms with Crippen molar-refractivity contribution in [1.82, 2.24) is 24.4 Å². The number of carbonyl (C=O) groups is 2. The minimum absolute atomic E-state index is 0.0244. The summed E-state index contributed by atoms with van der Waals surface area (Å²) in [6.07, 6.45) is 4.51. The van der Waals surface area contributed by atoms with Crippen molar-refractivity contribution >= 4 is 52.3 Å². The number of fused-ring (bicyclic) bond motifs is 1. The maximum absolute atomic E-state index is 14.9. The highest BCUT2D eigenvalue weighted by molar-refractivity contribution is 6.33. The van der Waals surface area contributed by atoms with Crippen molar-refractivity contribution in [3.8, 4) is 6.07 Å². The molecule has 2 aromatic heterocycles. The molecule has 39 heavy (non-hydrogen) atoms. The SMILES string of the molecule is N#Cc1cc(F)c(Nc2nc3cnc(NC4CCCN(C(=O)O)C4)nc3n2C2CCC(C(N)=O)CC2)c(Cl)c1. The van der Waals surface area contributed by atoms with Crippen LogP contribution in [-0.2, 0) is 4.79 Å². The molecule has 0 spiro atoms. The number of amides is 2. The second kappa shape index (κ2) is 10.9. The third kappa shape index (κ3) is 5.51. The highest BCUT2D eigenvalue weighted by Gasteiger charge is 2.30. The average molecular weight is 556 g/mol. The number of primary amides is 1. The molecule has 14 heteroatoms. The number of likely N-dealkylation sites (tertiary alicyclic amines) is 1. The summed E-state index contributed by atoms with van der Waals surface area (Å²) in [5, 5.41) is 24.7. The van der Waals surface area contributed by atoms with E-state index in [2.05, 4.69) is 20.6 Å². The number of halogens is 2. The molecule has 1 atom stereocenters. The van der Waals surface area contributed by atoms with Crippen LogP contribution in [-0.4, -0.2) is 60.7 Å². The Labute approximate surface area is 228 Å². The van der Waals surface area contributed by atoms with Crippen molar-refractivity contribution in [3.05, 3.63) is 34.7 Å². The number of hydrogen-bond acceptors (Lipinski definition) is 8. The van der Waals surface area contributed by atoms with Gasteiger partial charge in [0.15, 0.2) is 5.65 Å². The summed E-state index contributed by atoms with van der Waals surface area (Å²) < 4.78 is 16.8. The zero-order valence-electron chi connectivity index (χ0n) is 20.9. The molecule has 12 nitrogen and oxygen atoms in total. The van der Waals surface area contributed by atoms with Gasteiger partial charge in [0, 0.05) is 31.1 Å². The quantitative estimate of drug-likeness (QED) is 0.350. The van der Waals surface area contributed by atoms with E-state index in [-0.39, 0.29) is 40.2 Å². The normalized spacial score (nSPS) is 21.4. The van der Waals surface area contributed by atoms with Gasteiger partial charge in [-0.1, -0.05) is 11.6 Å². The first-order chi connectivity index (χ1) is 18.7. The lowest BCUT2D eigenvalue weighted by molar-refractivity contribution is -0.122. The molecule has 3 heterocycles. The number of carboxylic acid groups (broad SMARTS) is 1. The van der Waals surface area contributed by atoms with Crippen LogP contribution in [0.5, 0.6) is 0 Å². The van der Waals surface area contributed by atoms with Crippen LogP contribution in [0.4, 0.5) is 26.8 Å². The zero-order chi connectivity index (χ0) is 27.7. The number of nitrogens with zero attached hydrogens (tertiary/aromatic N) is 6. The first-order valence-electron chi connectivity index (χ1n) is 12.7. The first kappa shape index (κ1) is 26.4. The molecule has 5 rings (SSSR count). The van der Waals surface area contributed by atoms with E-state index in [1.54, 1.807) is 6.20 Å². The minimum Gasteiger partial charge on any atom is -0.465 e. The fraction of sp³-hybridized carbons (Fsp3) is 0.440. The number of piperidine rings is 1. The van der Waals surface area contributed by atoms with Crippen LogP contribution >= 0.6 is 11.6 Å². The number of nitrogens with one attached hydrogen (secondary N) is 2. The fourth-order valence-electron chi connectivity index (χ4n) is 5.33. The molecule has 2 fully saturated rings. The second-order valence-electron chi connectivity index (χ2n) is 9.88. The summed E-state index contributed by atoms with van der Waals surface area (Å²) >= 11 is 6.30. The van der Waals surface area contributed by atoms with Crippen LogP contribution in [0, 0.1) is 23.1 Å². The maximum atomic E-state index is 14.9. The molecule has 1 aliphatic carbocycles. The van der Waals surface area contributed by atoms with Gasteiger partial charge in [0.05, 0.1) is 28.5 Å². The average Bonchev–Trinajstić information content (AvgIpc) is 3.28. The van der Waals surface area contributed by atoms with Gasteiger partial charge in [-0.3, -0.25) is 9.36 Å². The highest BCUT2D eigenvalue weighted by Crippen LogP contribution is 2.38. The summed E-state index contributed by atoms with van der Waals surface area (Å²) in [7, 11) is 0. The van der Waals surface area contributed by atoms with Gasteiger partial charge in [-0.05, 0) is 50.7 Å². The summed E-state index contributed by atoms with van der Waals surface area (Å²) in [4.78, 5) is 38.2. The first-order valence-corrected chi connectivity index (χ1v) is 13.1. The topological polar surface area (TPSA) is 175 Å². The molecule has 3 aromatic rings. The lowest BCUT2D eigenvalue weighted by Gasteiger charge is -2.31. The van der Waals surface area contributed by atoms with Crippen molar-refractivity contribution in [3.63, 3.8) is 0 Å². The fourth-order valence-corrected chi connectivity index (χ4v) is 5.59. The zero-order valence-corrected chi connectivity index (χ0v) is 21.7. The summed E-state index contributed by atoms with van der Waals surface area (Å²) in [5.74, 6) is -0.637. The Morgan fingerprint density at radius 2 is 1.97 bits per heavy atom. The molecule has 1 saturated carbocycles. The van der Waals surface area contributed by atoms with Gasteiger partial charge in [-0.25, -0.2) is 19.2 Å². The Bertz CT molecular complexity index is 1440. The monoisotopic (exact) mass is 555 g/mol. The van der Waals surface area contributed by atoms with E-state index >= 15 is 0 Å². The lowest BCUT2D eigenvalue weighted by Crippen LogP contribution is -2.44. The van der Waals surface area contributed by atoms with Gasteiger partial charge >= 0.3 is 6.09 Å². The predicted octanol–water partition coefficient (Wildman–Crippen LogP) is 4.00. The van der Waals surface area contributed by atoms with E-state index in [9.17, 15) is 19.1 Å². The third-order valence-electron chi connectivity index (χ3n) is 7.33. The molecule has 2 aliphatic rings. The van der Waals surface area contributed by atoms with E-state index in [0.717, 1.165) is 18.9 Å². The number of carbonyl (C=O) groups excluding carboxylic acids is 1. The van der Waals surface area contributed by atoms with Gasteiger partial charge < -0.3 is 26.4 Å². The molecule has 1 saturated heterocycles. The van der Waals surface area contributed by atoms with Crippen molar-refractivity contribution < 1.29 is 19.1 Å². The summed E-state index contributed by atoms with van der Waals surface area (Å²) in [6, 6.07) is 4.06. The number of aromatic nitrogens is 4. The number of nitriles is 1. The number of imidazole rings is 1. The van der Waals surface area contributed by atoms with E-state index in [0.29, 0.717) is 61.8 Å². The van der Waals surface area contributed by atoms with Gasteiger partial charge in [0.2, 0.25) is 17.8 Å². The molecule has 1 aromatic carbocycles. The lowest BCUT2D eigenvalue weighted by atomic mass is 9.85. The van der Waals surface area contributed by atoms with Crippen LogP contribution in [0.25, 0.3) is 11.2 Å². The van der Waals surface area contributed by atoms with Gasteiger partial charge in [0.25, 0.3) is 0 Å². The van der Waals surface area contributed by atoms with Crippen LogP contribution in [0.1, 0.15) is 50.1 Å². The Morgan fingerprint density at radius 1 is 1.21 bits per heavy atom. The van der Waals surface area contributed by atoms with Crippen LogP contribution < -0.4 is 16.4 Å². The van der Waals surface area contributed by atoms with E-state index < -0.39 is 11.9 Å². The molecule has 0 bridgehead atoms. The number of hydrogen-bond donors (Lipinski definition) is 4. The number of nitrogens with two attached hydrogens (primary N) is 1. The van der Waals surface area contributed by atoms with Crippen LogP contribution in [0.3, 0.4) is 0 Å². The Morgan fingerprint density at radius 3 is 2.64 bits per heavy atom. The number of rotatable bonds is 6.